The van der Waals surface area contributed by atoms with Gasteiger partial charge in [0.05, 0.1) is 23.4 Å². The molecule has 1 aliphatic heterocycles. The zero-order chi connectivity index (χ0) is 16.5. The van der Waals surface area contributed by atoms with Gasteiger partial charge >= 0.3 is 0 Å². The van der Waals surface area contributed by atoms with Crippen LogP contribution in [0.3, 0.4) is 0 Å². The lowest BCUT2D eigenvalue weighted by molar-refractivity contribution is 0.120. The summed E-state index contributed by atoms with van der Waals surface area (Å²) in [6.07, 6.45) is 5.79. The first-order chi connectivity index (χ1) is 11.7. The maximum atomic E-state index is 6.24. The summed E-state index contributed by atoms with van der Waals surface area (Å²) in [5.74, 6) is 0.778. The van der Waals surface area contributed by atoms with Gasteiger partial charge < -0.3 is 10.1 Å². The fourth-order valence-electron chi connectivity index (χ4n) is 2.90. The number of aromatic nitrogens is 4. The second kappa shape index (κ2) is 6.37. The smallest absolute Gasteiger partial charge is 0.168 e. The Labute approximate surface area is 144 Å². The van der Waals surface area contributed by atoms with Crippen LogP contribution in [0.5, 0.6) is 0 Å². The molecular formula is C17H18ClN5O. The van der Waals surface area contributed by atoms with Gasteiger partial charge in [-0.05, 0) is 37.5 Å². The van der Waals surface area contributed by atoms with E-state index in [4.69, 9.17) is 16.3 Å². The molecule has 7 heteroatoms. The number of hydrogen-bond acceptors (Lipinski definition) is 5. The van der Waals surface area contributed by atoms with Crippen molar-refractivity contribution in [3.63, 3.8) is 0 Å². The van der Waals surface area contributed by atoms with Crippen LogP contribution in [-0.4, -0.2) is 39.0 Å². The largest absolute Gasteiger partial charge is 0.376 e. The second-order valence-electron chi connectivity index (χ2n) is 5.97. The Hall–Kier alpha value is -2.18. The summed E-state index contributed by atoms with van der Waals surface area (Å²) in [6.45, 7) is 3.56. The molecule has 1 aromatic carbocycles. The van der Waals surface area contributed by atoms with Crippen LogP contribution >= 0.6 is 11.6 Å². The average molecular weight is 344 g/mol. The monoisotopic (exact) mass is 343 g/mol. The number of hydrogen-bond donors (Lipinski definition) is 1. The normalized spacial score (nSPS) is 17.5. The van der Waals surface area contributed by atoms with Gasteiger partial charge in [-0.15, -0.1) is 0 Å². The lowest BCUT2D eigenvalue weighted by Gasteiger charge is -2.11. The van der Waals surface area contributed by atoms with E-state index in [-0.39, 0.29) is 6.10 Å². The van der Waals surface area contributed by atoms with Crippen molar-refractivity contribution in [1.29, 1.82) is 0 Å². The maximum Gasteiger partial charge on any atom is 0.168 e. The standard InChI is InChI=1S/C17H18ClN5O/c1-11-4-5-12(7-15(11)18)23-17-14(9-22-23)16(20-10-21-17)19-8-13-3-2-6-24-13/h4-5,7,9-10,13H,2-3,6,8H2,1H3,(H,19,20,21). The summed E-state index contributed by atoms with van der Waals surface area (Å²) in [5, 5.41) is 9.41. The highest BCUT2D eigenvalue weighted by Gasteiger charge is 2.17. The lowest BCUT2D eigenvalue weighted by atomic mass is 10.2. The first-order valence-electron chi connectivity index (χ1n) is 8.03. The summed E-state index contributed by atoms with van der Waals surface area (Å²) in [4.78, 5) is 8.73. The number of ether oxygens (including phenoxy) is 1. The molecule has 3 aromatic rings. The van der Waals surface area contributed by atoms with Crippen molar-refractivity contribution in [3.05, 3.63) is 41.3 Å². The third-order valence-electron chi connectivity index (χ3n) is 4.29. The summed E-state index contributed by atoms with van der Waals surface area (Å²) < 4.78 is 7.42. The number of rotatable bonds is 4. The molecule has 124 valence electrons. The van der Waals surface area contributed by atoms with Gasteiger partial charge in [0.2, 0.25) is 0 Å². The van der Waals surface area contributed by atoms with E-state index >= 15 is 0 Å². The van der Waals surface area contributed by atoms with E-state index in [1.165, 1.54) is 0 Å². The Kier molecular flexibility index (Phi) is 4.08. The van der Waals surface area contributed by atoms with Crippen molar-refractivity contribution in [2.45, 2.75) is 25.9 Å². The van der Waals surface area contributed by atoms with Gasteiger partial charge in [-0.2, -0.15) is 5.10 Å². The quantitative estimate of drug-likeness (QED) is 0.786. The highest BCUT2D eigenvalue weighted by molar-refractivity contribution is 6.31. The topological polar surface area (TPSA) is 64.9 Å². The number of nitrogens with one attached hydrogen (secondary N) is 1. The molecular weight excluding hydrogens is 326 g/mol. The van der Waals surface area contributed by atoms with Crippen molar-refractivity contribution in [3.8, 4) is 5.69 Å². The molecule has 24 heavy (non-hydrogen) atoms. The van der Waals surface area contributed by atoms with Gasteiger partial charge in [0.15, 0.2) is 5.65 Å². The molecule has 0 bridgehead atoms. The van der Waals surface area contributed by atoms with Crippen molar-refractivity contribution in [1.82, 2.24) is 19.7 Å². The van der Waals surface area contributed by atoms with E-state index in [9.17, 15) is 0 Å². The molecule has 0 spiro atoms. The van der Waals surface area contributed by atoms with Crippen LogP contribution in [0.15, 0.2) is 30.7 Å². The lowest BCUT2D eigenvalue weighted by Crippen LogP contribution is -2.19. The van der Waals surface area contributed by atoms with E-state index < -0.39 is 0 Å². The minimum absolute atomic E-state index is 0.251. The van der Waals surface area contributed by atoms with Crippen molar-refractivity contribution in [2.24, 2.45) is 0 Å². The molecule has 1 atom stereocenters. The third kappa shape index (κ3) is 2.83. The fourth-order valence-corrected chi connectivity index (χ4v) is 3.08. The molecule has 2 aromatic heterocycles. The molecule has 0 saturated carbocycles. The van der Waals surface area contributed by atoms with Crippen LogP contribution in [-0.2, 0) is 4.74 Å². The Morgan fingerprint density at radius 3 is 3.08 bits per heavy atom. The molecule has 0 amide bonds. The Morgan fingerprint density at radius 2 is 2.29 bits per heavy atom. The van der Waals surface area contributed by atoms with E-state index in [2.05, 4.69) is 20.4 Å². The Morgan fingerprint density at radius 1 is 1.38 bits per heavy atom. The van der Waals surface area contributed by atoms with Crippen LogP contribution in [0.25, 0.3) is 16.7 Å². The molecule has 1 N–H and O–H groups in total. The minimum atomic E-state index is 0.251. The predicted molar refractivity (Wildman–Crippen MR) is 93.9 cm³/mol. The fraction of sp³-hybridized carbons (Fsp3) is 0.353. The highest BCUT2D eigenvalue weighted by Crippen LogP contribution is 2.25. The van der Waals surface area contributed by atoms with Crippen LogP contribution in [0.2, 0.25) is 5.02 Å². The molecule has 1 fully saturated rings. The van der Waals surface area contributed by atoms with Gasteiger partial charge in [-0.1, -0.05) is 17.7 Å². The molecule has 6 nitrogen and oxygen atoms in total. The third-order valence-corrected chi connectivity index (χ3v) is 4.69. The number of benzene rings is 1. The summed E-state index contributed by atoms with van der Waals surface area (Å²) in [5.41, 5.74) is 2.66. The summed E-state index contributed by atoms with van der Waals surface area (Å²) >= 11 is 6.24. The van der Waals surface area contributed by atoms with E-state index in [0.717, 1.165) is 54.1 Å². The SMILES string of the molecule is Cc1ccc(-n2ncc3c(NCC4CCCO4)ncnc32)cc1Cl. The van der Waals surface area contributed by atoms with Gasteiger partial charge in [-0.25, -0.2) is 14.6 Å². The first kappa shape index (κ1) is 15.4. The summed E-state index contributed by atoms with van der Waals surface area (Å²) in [7, 11) is 0. The number of fused-ring (bicyclic) bond motifs is 1. The van der Waals surface area contributed by atoms with Gasteiger partial charge in [0, 0.05) is 18.2 Å². The summed E-state index contributed by atoms with van der Waals surface area (Å²) in [6, 6.07) is 5.85. The maximum absolute atomic E-state index is 6.24. The molecule has 3 heterocycles. The van der Waals surface area contributed by atoms with Crippen molar-refractivity contribution in [2.75, 3.05) is 18.5 Å². The zero-order valence-corrected chi connectivity index (χ0v) is 14.1. The highest BCUT2D eigenvalue weighted by atomic mass is 35.5. The van der Waals surface area contributed by atoms with E-state index in [1.807, 2.05) is 25.1 Å². The molecule has 1 aliphatic rings. The van der Waals surface area contributed by atoms with Gasteiger partial charge in [0.1, 0.15) is 12.1 Å². The van der Waals surface area contributed by atoms with Crippen LogP contribution in [0.1, 0.15) is 18.4 Å². The van der Waals surface area contributed by atoms with E-state index in [1.54, 1.807) is 17.2 Å². The number of halogens is 1. The number of nitrogens with zero attached hydrogens (tertiary/aromatic N) is 4. The Balaban J connectivity index is 1.66. The van der Waals surface area contributed by atoms with Gasteiger partial charge in [-0.3, -0.25) is 0 Å². The van der Waals surface area contributed by atoms with Crippen molar-refractivity contribution < 1.29 is 4.74 Å². The number of aryl methyl sites for hydroxylation is 1. The van der Waals surface area contributed by atoms with E-state index in [0.29, 0.717) is 5.02 Å². The van der Waals surface area contributed by atoms with Crippen LogP contribution < -0.4 is 5.32 Å². The van der Waals surface area contributed by atoms with Crippen LogP contribution in [0.4, 0.5) is 5.82 Å². The number of anilines is 1. The minimum Gasteiger partial charge on any atom is -0.376 e. The van der Waals surface area contributed by atoms with Crippen molar-refractivity contribution >= 4 is 28.5 Å². The van der Waals surface area contributed by atoms with Gasteiger partial charge in [0.25, 0.3) is 0 Å². The second-order valence-corrected chi connectivity index (χ2v) is 6.37. The average Bonchev–Trinajstić information content (AvgIpc) is 3.25. The first-order valence-corrected chi connectivity index (χ1v) is 8.41. The molecule has 0 aliphatic carbocycles. The Bertz CT molecular complexity index is 873. The zero-order valence-electron chi connectivity index (χ0n) is 13.4. The predicted octanol–water partition coefficient (Wildman–Crippen LogP) is 3.37. The molecule has 0 radical (unpaired) electrons. The molecule has 1 unspecified atom stereocenters. The molecule has 1 saturated heterocycles. The molecule has 4 rings (SSSR count). The van der Waals surface area contributed by atoms with Crippen LogP contribution in [0, 0.1) is 6.92 Å².